The third kappa shape index (κ3) is 4.87. The van der Waals surface area contributed by atoms with Crippen LogP contribution in [-0.4, -0.2) is 35.1 Å². The number of carbonyl (C=O) groups excluding carboxylic acids is 1. The highest BCUT2D eigenvalue weighted by Gasteiger charge is 2.21. The minimum atomic E-state index is -3.98. The van der Waals surface area contributed by atoms with Gasteiger partial charge < -0.3 is 14.8 Å². The fourth-order valence-corrected chi connectivity index (χ4v) is 3.49. The number of hydrogen-bond donors (Lipinski definition) is 2. The predicted octanol–water partition coefficient (Wildman–Crippen LogP) is 2.58. The number of amides is 1. The predicted molar refractivity (Wildman–Crippen MR) is 99.6 cm³/mol. The maximum atomic E-state index is 12.5. The van der Waals surface area contributed by atoms with E-state index in [1.165, 1.54) is 26.4 Å². The fourth-order valence-electron chi connectivity index (χ4n) is 2.16. The molecule has 2 aromatic rings. The molecule has 0 aliphatic heterocycles. The summed E-state index contributed by atoms with van der Waals surface area (Å²) in [4.78, 5) is 12.0. The largest absolute Gasteiger partial charge is 0.497 e. The number of sulfonamides is 1. The molecular weight excluding hydrogens is 380 g/mol. The van der Waals surface area contributed by atoms with Crippen LogP contribution in [0.15, 0.2) is 41.3 Å². The fraction of sp³-hybridized carbons (Fsp3) is 0.235. The van der Waals surface area contributed by atoms with E-state index in [2.05, 4.69) is 10.0 Å². The molecule has 140 valence electrons. The first-order valence-electron chi connectivity index (χ1n) is 7.54. The average Bonchev–Trinajstić information content (AvgIpc) is 2.62. The maximum Gasteiger partial charge on any atom is 0.244 e. The Bertz CT molecular complexity index is 915. The highest BCUT2D eigenvalue weighted by molar-refractivity contribution is 7.89. The summed E-state index contributed by atoms with van der Waals surface area (Å²) in [5, 5.41) is 3.09. The first kappa shape index (κ1) is 20.0. The molecule has 0 unspecified atom stereocenters. The van der Waals surface area contributed by atoms with Gasteiger partial charge in [0.1, 0.15) is 16.4 Å². The zero-order chi connectivity index (χ0) is 19.3. The van der Waals surface area contributed by atoms with Crippen LogP contribution in [0.25, 0.3) is 0 Å². The SMILES string of the molecule is COc1ccc(OC)c(S(=O)(=O)NCC(=O)Nc2cc(Cl)ccc2C)c1. The molecule has 0 fully saturated rings. The molecule has 0 saturated heterocycles. The van der Waals surface area contributed by atoms with Gasteiger partial charge in [-0.1, -0.05) is 17.7 Å². The van der Waals surface area contributed by atoms with E-state index in [-0.39, 0.29) is 10.6 Å². The van der Waals surface area contributed by atoms with Crippen LogP contribution < -0.4 is 19.5 Å². The number of aryl methyl sites for hydroxylation is 1. The summed E-state index contributed by atoms with van der Waals surface area (Å²) in [6.45, 7) is 1.35. The molecule has 26 heavy (non-hydrogen) atoms. The molecule has 9 heteroatoms. The Morgan fingerprint density at radius 3 is 2.50 bits per heavy atom. The van der Waals surface area contributed by atoms with Crippen LogP contribution in [-0.2, 0) is 14.8 Å². The standard InChI is InChI=1S/C17H19ClN2O5S/c1-11-4-5-12(18)8-14(11)20-17(21)10-19-26(22,23)16-9-13(24-2)6-7-15(16)25-3/h4-9,19H,10H2,1-3H3,(H,20,21). The summed E-state index contributed by atoms with van der Waals surface area (Å²) in [5.41, 5.74) is 1.32. The smallest absolute Gasteiger partial charge is 0.244 e. The van der Waals surface area contributed by atoms with Crippen molar-refractivity contribution in [3.8, 4) is 11.5 Å². The topological polar surface area (TPSA) is 93.7 Å². The van der Waals surface area contributed by atoms with Crippen LogP contribution in [0.1, 0.15) is 5.56 Å². The monoisotopic (exact) mass is 398 g/mol. The van der Waals surface area contributed by atoms with Crippen LogP contribution >= 0.6 is 11.6 Å². The van der Waals surface area contributed by atoms with Crippen molar-refractivity contribution >= 4 is 33.2 Å². The van der Waals surface area contributed by atoms with E-state index in [0.29, 0.717) is 16.5 Å². The molecule has 0 spiro atoms. The van der Waals surface area contributed by atoms with Gasteiger partial charge in [-0.25, -0.2) is 13.1 Å². The molecule has 1 amide bonds. The highest BCUT2D eigenvalue weighted by Crippen LogP contribution is 2.28. The summed E-state index contributed by atoms with van der Waals surface area (Å²) in [6, 6.07) is 9.41. The third-order valence-corrected chi connectivity index (χ3v) is 5.21. The number of nitrogens with one attached hydrogen (secondary N) is 2. The molecule has 2 aromatic carbocycles. The summed E-state index contributed by atoms with van der Waals surface area (Å²) in [7, 11) is -1.20. The van der Waals surface area contributed by atoms with Crippen molar-refractivity contribution in [1.29, 1.82) is 0 Å². The van der Waals surface area contributed by atoms with Gasteiger partial charge in [0.25, 0.3) is 0 Å². The molecule has 0 aromatic heterocycles. The van der Waals surface area contributed by atoms with E-state index < -0.39 is 22.5 Å². The minimum Gasteiger partial charge on any atom is -0.497 e. The molecule has 2 N–H and O–H groups in total. The van der Waals surface area contributed by atoms with Gasteiger partial charge in [-0.05, 0) is 36.8 Å². The molecular formula is C17H19ClN2O5S. The lowest BCUT2D eigenvalue weighted by atomic mass is 10.2. The summed E-state index contributed by atoms with van der Waals surface area (Å²) < 4.78 is 37.4. The number of benzene rings is 2. The van der Waals surface area contributed by atoms with Gasteiger partial charge in [-0.15, -0.1) is 0 Å². The summed E-state index contributed by atoms with van der Waals surface area (Å²) >= 11 is 5.90. The van der Waals surface area contributed by atoms with Crippen LogP contribution in [0.4, 0.5) is 5.69 Å². The lowest BCUT2D eigenvalue weighted by molar-refractivity contribution is -0.115. The van der Waals surface area contributed by atoms with Gasteiger partial charge in [-0.3, -0.25) is 4.79 Å². The van der Waals surface area contributed by atoms with E-state index in [0.717, 1.165) is 5.56 Å². The quantitative estimate of drug-likeness (QED) is 0.747. The number of hydrogen-bond acceptors (Lipinski definition) is 5. The Hall–Kier alpha value is -2.29. The van der Waals surface area contributed by atoms with E-state index in [1.54, 1.807) is 31.2 Å². The molecule has 0 atom stereocenters. The Morgan fingerprint density at radius 1 is 1.12 bits per heavy atom. The Labute approximate surface area is 157 Å². The molecule has 0 bridgehead atoms. The molecule has 0 aliphatic carbocycles. The lowest BCUT2D eigenvalue weighted by Gasteiger charge is -2.13. The van der Waals surface area contributed by atoms with Crippen molar-refractivity contribution in [1.82, 2.24) is 4.72 Å². The van der Waals surface area contributed by atoms with Gasteiger partial charge in [0.2, 0.25) is 15.9 Å². The van der Waals surface area contributed by atoms with Gasteiger partial charge >= 0.3 is 0 Å². The van der Waals surface area contributed by atoms with E-state index >= 15 is 0 Å². The van der Waals surface area contributed by atoms with Crippen molar-refractivity contribution in [2.24, 2.45) is 0 Å². The van der Waals surface area contributed by atoms with Crippen LogP contribution in [0, 0.1) is 6.92 Å². The van der Waals surface area contributed by atoms with Crippen molar-refractivity contribution in [2.45, 2.75) is 11.8 Å². The first-order chi connectivity index (χ1) is 12.3. The zero-order valence-electron chi connectivity index (χ0n) is 14.5. The zero-order valence-corrected chi connectivity index (χ0v) is 16.1. The maximum absolute atomic E-state index is 12.5. The molecule has 0 aliphatic rings. The van der Waals surface area contributed by atoms with Crippen molar-refractivity contribution in [3.05, 3.63) is 47.0 Å². The van der Waals surface area contributed by atoms with Gasteiger partial charge in [0.15, 0.2) is 0 Å². The van der Waals surface area contributed by atoms with Gasteiger partial charge in [-0.2, -0.15) is 0 Å². The van der Waals surface area contributed by atoms with E-state index in [9.17, 15) is 13.2 Å². The second-order valence-corrected chi connectivity index (χ2v) is 7.52. The third-order valence-electron chi connectivity index (χ3n) is 3.56. The highest BCUT2D eigenvalue weighted by atomic mass is 35.5. The molecule has 0 saturated carbocycles. The number of carbonyl (C=O) groups is 1. The number of methoxy groups -OCH3 is 2. The van der Waals surface area contributed by atoms with Crippen molar-refractivity contribution in [2.75, 3.05) is 26.1 Å². The molecule has 7 nitrogen and oxygen atoms in total. The van der Waals surface area contributed by atoms with Crippen molar-refractivity contribution in [3.63, 3.8) is 0 Å². The molecule has 2 rings (SSSR count). The number of ether oxygens (including phenoxy) is 2. The second-order valence-electron chi connectivity index (χ2n) is 5.35. The lowest BCUT2D eigenvalue weighted by Crippen LogP contribution is -2.33. The number of rotatable bonds is 7. The van der Waals surface area contributed by atoms with Crippen molar-refractivity contribution < 1.29 is 22.7 Å². The minimum absolute atomic E-state index is 0.119. The van der Waals surface area contributed by atoms with E-state index in [1.807, 2.05) is 0 Å². The molecule has 0 radical (unpaired) electrons. The van der Waals surface area contributed by atoms with Crippen LogP contribution in [0.2, 0.25) is 5.02 Å². The number of halogens is 1. The normalized spacial score (nSPS) is 11.1. The van der Waals surface area contributed by atoms with E-state index in [4.69, 9.17) is 21.1 Å². The van der Waals surface area contributed by atoms with Gasteiger partial charge in [0, 0.05) is 16.8 Å². The summed E-state index contributed by atoms with van der Waals surface area (Å²) in [5.74, 6) is -0.0321. The number of anilines is 1. The van der Waals surface area contributed by atoms with Gasteiger partial charge in [0.05, 0.1) is 20.8 Å². The second kappa shape index (κ2) is 8.39. The molecule has 0 heterocycles. The van der Waals surface area contributed by atoms with Crippen LogP contribution in [0.5, 0.6) is 11.5 Å². The Kier molecular flexibility index (Phi) is 6.47. The summed E-state index contributed by atoms with van der Waals surface area (Å²) in [6.07, 6.45) is 0. The average molecular weight is 399 g/mol. The Morgan fingerprint density at radius 2 is 1.85 bits per heavy atom. The Balaban J connectivity index is 2.13. The van der Waals surface area contributed by atoms with Crippen LogP contribution in [0.3, 0.4) is 0 Å². The first-order valence-corrected chi connectivity index (χ1v) is 9.40.